The molecule has 30 heavy (non-hydrogen) atoms. The van der Waals surface area contributed by atoms with Crippen molar-refractivity contribution in [3.63, 3.8) is 0 Å². The Morgan fingerprint density at radius 2 is 1.83 bits per heavy atom. The molecule has 0 amide bonds. The Bertz CT molecular complexity index is 1210. The monoisotopic (exact) mass is 406 g/mol. The fraction of sp³-hybridized carbons (Fsp3) is 0.217. The Labute approximate surface area is 173 Å². The van der Waals surface area contributed by atoms with Crippen LogP contribution in [0.5, 0.6) is 5.75 Å². The fourth-order valence-corrected chi connectivity index (χ4v) is 3.67. The molecular weight excluding hydrogens is 384 g/mol. The molecule has 1 aromatic heterocycles. The second-order valence-corrected chi connectivity index (χ2v) is 7.15. The van der Waals surface area contributed by atoms with Crippen molar-refractivity contribution in [3.8, 4) is 5.75 Å². The fourth-order valence-electron chi connectivity index (χ4n) is 3.67. The van der Waals surface area contributed by atoms with Crippen LogP contribution in [0.1, 0.15) is 24.0 Å². The third-order valence-corrected chi connectivity index (χ3v) is 5.09. The van der Waals surface area contributed by atoms with Gasteiger partial charge in [-0.1, -0.05) is 24.3 Å². The van der Waals surface area contributed by atoms with Crippen LogP contribution in [0.2, 0.25) is 0 Å². The standard InChI is InChI=1S/C23H22N2O5/c1-4-28-22(26)19-17(13-9-11-14(12-10-13)25(2)3)18-20(30-21(19)24)15-7-5-6-8-16(15)29-23(18)27/h5-12,17H,4,24H2,1-3H3. The second kappa shape index (κ2) is 7.59. The Hall–Kier alpha value is -3.74. The number of rotatable bonds is 4. The number of fused-ring (bicyclic) bond motifs is 3. The molecule has 0 spiro atoms. The molecule has 0 bridgehead atoms. The first kappa shape index (κ1) is 19.6. The van der Waals surface area contributed by atoms with Crippen LogP contribution in [0.15, 0.2) is 69.2 Å². The predicted molar refractivity (Wildman–Crippen MR) is 114 cm³/mol. The summed E-state index contributed by atoms with van der Waals surface area (Å²) >= 11 is 0. The summed E-state index contributed by atoms with van der Waals surface area (Å²) < 4.78 is 16.6. The quantitative estimate of drug-likeness (QED) is 0.525. The van der Waals surface area contributed by atoms with Crippen molar-refractivity contribution in [3.05, 3.63) is 81.5 Å². The van der Waals surface area contributed by atoms with Crippen LogP contribution in [0.4, 0.5) is 5.69 Å². The predicted octanol–water partition coefficient (Wildman–Crippen LogP) is 3.12. The number of carbonyl (C=O) groups excluding carboxylic acids is 1. The van der Waals surface area contributed by atoms with Crippen molar-refractivity contribution in [2.75, 3.05) is 25.6 Å². The second-order valence-electron chi connectivity index (χ2n) is 7.15. The van der Waals surface area contributed by atoms with Gasteiger partial charge in [-0.3, -0.25) is 0 Å². The number of carbonyl (C=O) groups is 1. The molecule has 2 heterocycles. The van der Waals surface area contributed by atoms with E-state index in [1.807, 2.05) is 49.3 Å². The Morgan fingerprint density at radius 1 is 1.13 bits per heavy atom. The normalized spacial score (nSPS) is 15.5. The van der Waals surface area contributed by atoms with Crippen LogP contribution >= 0.6 is 0 Å². The zero-order valence-electron chi connectivity index (χ0n) is 17.0. The van der Waals surface area contributed by atoms with Crippen molar-refractivity contribution in [1.82, 2.24) is 0 Å². The molecule has 0 fully saturated rings. The third kappa shape index (κ3) is 3.18. The molecule has 7 heteroatoms. The van der Waals surface area contributed by atoms with Crippen molar-refractivity contribution >= 4 is 22.6 Å². The summed E-state index contributed by atoms with van der Waals surface area (Å²) in [5.74, 6) is -1.19. The smallest absolute Gasteiger partial charge is 0.344 e. The summed E-state index contributed by atoms with van der Waals surface area (Å²) in [6.07, 6.45) is 0. The number of nitrogens with two attached hydrogens (primary N) is 1. The summed E-state index contributed by atoms with van der Waals surface area (Å²) in [5, 5.41) is 0.605. The summed E-state index contributed by atoms with van der Waals surface area (Å²) in [7, 11) is 3.86. The molecule has 2 aromatic carbocycles. The van der Waals surface area contributed by atoms with Crippen molar-refractivity contribution in [1.29, 1.82) is 0 Å². The van der Waals surface area contributed by atoms with E-state index in [4.69, 9.17) is 19.6 Å². The van der Waals surface area contributed by atoms with Crippen molar-refractivity contribution in [2.45, 2.75) is 12.8 Å². The van der Waals surface area contributed by atoms with E-state index in [2.05, 4.69) is 0 Å². The van der Waals surface area contributed by atoms with E-state index in [9.17, 15) is 9.59 Å². The average Bonchev–Trinajstić information content (AvgIpc) is 2.73. The van der Waals surface area contributed by atoms with Gasteiger partial charge in [0.05, 0.1) is 23.5 Å². The molecule has 0 radical (unpaired) electrons. The van der Waals surface area contributed by atoms with Crippen LogP contribution < -0.4 is 21.0 Å². The number of para-hydroxylation sites is 1. The van der Waals surface area contributed by atoms with Gasteiger partial charge in [0.2, 0.25) is 5.88 Å². The van der Waals surface area contributed by atoms with Gasteiger partial charge in [-0.05, 0) is 36.8 Å². The summed E-state index contributed by atoms with van der Waals surface area (Å²) in [6.45, 7) is 1.87. The van der Waals surface area contributed by atoms with Crippen LogP contribution in [-0.4, -0.2) is 26.7 Å². The maximum absolute atomic E-state index is 13.0. The van der Waals surface area contributed by atoms with Gasteiger partial charge < -0.3 is 24.5 Å². The molecular formula is C23H22N2O5. The number of hydrogen-bond acceptors (Lipinski definition) is 7. The molecule has 1 aliphatic rings. The van der Waals surface area contributed by atoms with E-state index in [0.29, 0.717) is 22.3 Å². The molecule has 4 rings (SSSR count). The Balaban J connectivity index is 1.99. The van der Waals surface area contributed by atoms with Gasteiger partial charge in [0, 0.05) is 19.8 Å². The number of hydrogen-bond donors (Lipinski definition) is 1. The van der Waals surface area contributed by atoms with E-state index >= 15 is 0 Å². The molecule has 1 aliphatic heterocycles. The van der Waals surface area contributed by atoms with Crippen molar-refractivity contribution < 1.29 is 18.7 Å². The third-order valence-electron chi connectivity index (χ3n) is 5.09. The highest BCUT2D eigenvalue weighted by Gasteiger charge is 2.39. The molecule has 1 unspecified atom stereocenters. The minimum absolute atomic E-state index is 0.0848. The highest BCUT2D eigenvalue weighted by molar-refractivity contribution is 5.94. The van der Waals surface area contributed by atoms with Crippen LogP contribution in [-0.2, 0) is 9.53 Å². The maximum Gasteiger partial charge on any atom is 0.344 e. The van der Waals surface area contributed by atoms with Gasteiger partial charge in [0.15, 0.2) is 5.75 Å². The Morgan fingerprint density at radius 3 is 2.50 bits per heavy atom. The van der Waals surface area contributed by atoms with Gasteiger partial charge >= 0.3 is 11.6 Å². The van der Waals surface area contributed by atoms with Crippen LogP contribution in [0.25, 0.3) is 11.0 Å². The Kier molecular flexibility index (Phi) is 4.95. The maximum atomic E-state index is 13.0. The molecule has 0 aliphatic carbocycles. The summed E-state index contributed by atoms with van der Waals surface area (Å²) in [6, 6.07) is 14.6. The molecule has 0 saturated heterocycles. The minimum Gasteiger partial charge on any atom is -0.462 e. The number of esters is 1. The molecule has 1 atom stereocenters. The van der Waals surface area contributed by atoms with Crippen LogP contribution in [0, 0.1) is 0 Å². The topological polar surface area (TPSA) is 95.0 Å². The molecule has 3 aromatic rings. The van der Waals surface area contributed by atoms with Gasteiger partial charge in [-0.2, -0.15) is 0 Å². The minimum atomic E-state index is -0.773. The molecule has 2 N–H and O–H groups in total. The lowest BCUT2D eigenvalue weighted by Crippen LogP contribution is -2.31. The average molecular weight is 406 g/mol. The number of nitrogens with zero attached hydrogens (tertiary/aromatic N) is 1. The summed E-state index contributed by atoms with van der Waals surface area (Å²) in [4.78, 5) is 27.7. The largest absolute Gasteiger partial charge is 0.462 e. The van der Waals surface area contributed by atoms with Gasteiger partial charge in [-0.15, -0.1) is 0 Å². The van der Waals surface area contributed by atoms with E-state index in [0.717, 1.165) is 5.69 Å². The lowest BCUT2D eigenvalue weighted by Gasteiger charge is -2.28. The van der Waals surface area contributed by atoms with E-state index in [-0.39, 0.29) is 23.6 Å². The zero-order chi connectivity index (χ0) is 21.4. The van der Waals surface area contributed by atoms with Crippen LogP contribution in [0.3, 0.4) is 0 Å². The van der Waals surface area contributed by atoms with E-state index < -0.39 is 17.5 Å². The van der Waals surface area contributed by atoms with E-state index in [1.165, 1.54) is 0 Å². The first-order valence-corrected chi connectivity index (χ1v) is 9.60. The zero-order valence-corrected chi connectivity index (χ0v) is 17.0. The van der Waals surface area contributed by atoms with Crippen molar-refractivity contribution in [2.24, 2.45) is 5.73 Å². The van der Waals surface area contributed by atoms with Gasteiger partial charge in [0.1, 0.15) is 11.2 Å². The lowest BCUT2D eigenvalue weighted by molar-refractivity contribution is -0.139. The van der Waals surface area contributed by atoms with E-state index in [1.54, 1.807) is 25.1 Å². The molecule has 154 valence electrons. The first-order chi connectivity index (χ1) is 14.4. The summed E-state index contributed by atoms with van der Waals surface area (Å²) in [5.41, 5.74) is 7.99. The number of benzene rings is 2. The molecule has 0 saturated carbocycles. The SMILES string of the molecule is CCOC(=O)C1=C(N)Oc2c(c(=O)oc3ccccc23)C1c1ccc(N(C)C)cc1. The molecule has 7 nitrogen and oxygen atoms in total. The lowest BCUT2D eigenvalue weighted by atomic mass is 9.83. The number of ether oxygens (including phenoxy) is 2. The number of anilines is 1. The van der Waals surface area contributed by atoms with Gasteiger partial charge in [-0.25, -0.2) is 9.59 Å². The highest BCUT2D eigenvalue weighted by Crippen LogP contribution is 2.44. The highest BCUT2D eigenvalue weighted by atomic mass is 16.5. The van der Waals surface area contributed by atoms with Gasteiger partial charge in [0.25, 0.3) is 0 Å². The first-order valence-electron chi connectivity index (χ1n) is 9.60.